The van der Waals surface area contributed by atoms with Gasteiger partial charge in [-0.05, 0) is 22.9 Å². The van der Waals surface area contributed by atoms with E-state index in [1.54, 1.807) is 28.9 Å². The SMILES string of the molecule is CCCCn1nnnc1CSc1nc(C(F)(F)F)nc2ccccc12. The van der Waals surface area contributed by atoms with Gasteiger partial charge in [-0.25, -0.2) is 14.6 Å². The summed E-state index contributed by atoms with van der Waals surface area (Å²) in [6.45, 7) is 2.74. The summed E-state index contributed by atoms with van der Waals surface area (Å²) in [4.78, 5) is 7.33. The highest BCUT2D eigenvalue weighted by atomic mass is 32.2. The van der Waals surface area contributed by atoms with Gasteiger partial charge in [-0.15, -0.1) is 5.10 Å². The highest BCUT2D eigenvalue weighted by Crippen LogP contribution is 2.32. The number of tetrazole rings is 1. The summed E-state index contributed by atoms with van der Waals surface area (Å²) in [5.41, 5.74) is 0.262. The van der Waals surface area contributed by atoms with Crippen LogP contribution in [0.5, 0.6) is 0 Å². The maximum Gasteiger partial charge on any atom is 0.451 e. The fourth-order valence-electron chi connectivity index (χ4n) is 2.23. The number of nitrogens with zero attached hydrogens (tertiary/aromatic N) is 6. The molecule has 0 fully saturated rings. The van der Waals surface area contributed by atoms with E-state index >= 15 is 0 Å². The molecule has 132 valence electrons. The summed E-state index contributed by atoms with van der Waals surface area (Å²) in [6, 6.07) is 6.64. The Hall–Kier alpha value is -2.23. The van der Waals surface area contributed by atoms with Gasteiger partial charge in [0.15, 0.2) is 5.82 Å². The molecule has 1 aromatic carbocycles. The number of hydrogen-bond acceptors (Lipinski definition) is 6. The van der Waals surface area contributed by atoms with Gasteiger partial charge in [0.05, 0.1) is 11.3 Å². The topological polar surface area (TPSA) is 69.4 Å². The molecule has 0 aliphatic rings. The maximum absolute atomic E-state index is 13.0. The summed E-state index contributed by atoms with van der Waals surface area (Å²) in [6.07, 6.45) is -2.67. The molecule has 2 heterocycles. The monoisotopic (exact) mass is 368 g/mol. The van der Waals surface area contributed by atoms with Crippen LogP contribution in [0.3, 0.4) is 0 Å². The second-order valence-corrected chi connectivity index (χ2v) is 6.29. The average molecular weight is 368 g/mol. The molecular weight excluding hydrogens is 353 g/mol. The van der Waals surface area contributed by atoms with Gasteiger partial charge in [0.2, 0.25) is 5.82 Å². The molecule has 0 radical (unpaired) electrons. The van der Waals surface area contributed by atoms with E-state index in [1.807, 2.05) is 0 Å². The number of unbranched alkanes of at least 4 members (excludes halogenated alkanes) is 1. The van der Waals surface area contributed by atoms with E-state index in [2.05, 4.69) is 32.4 Å². The Morgan fingerprint density at radius 2 is 1.96 bits per heavy atom. The van der Waals surface area contributed by atoms with Crippen molar-refractivity contribution in [2.75, 3.05) is 0 Å². The lowest BCUT2D eigenvalue weighted by Gasteiger charge is -2.10. The average Bonchev–Trinajstić information content (AvgIpc) is 3.04. The van der Waals surface area contributed by atoms with E-state index in [1.165, 1.54) is 11.8 Å². The normalized spacial score (nSPS) is 12.0. The van der Waals surface area contributed by atoms with Crippen molar-refractivity contribution < 1.29 is 13.2 Å². The largest absolute Gasteiger partial charge is 0.451 e. The van der Waals surface area contributed by atoms with E-state index in [9.17, 15) is 13.2 Å². The summed E-state index contributed by atoms with van der Waals surface area (Å²) in [5.74, 6) is -0.205. The van der Waals surface area contributed by atoms with E-state index in [0.29, 0.717) is 23.5 Å². The smallest absolute Gasteiger partial charge is 0.229 e. The number of para-hydroxylation sites is 1. The first-order valence-corrected chi connectivity index (χ1v) is 8.69. The first kappa shape index (κ1) is 17.6. The molecule has 0 N–H and O–H groups in total. The number of rotatable bonds is 6. The minimum atomic E-state index is -4.60. The quantitative estimate of drug-likeness (QED) is 0.488. The Kier molecular flexibility index (Phi) is 5.16. The van der Waals surface area contributed by atoms with Crippen molar-refractivity contribution in [3.05, 3.63) is 35.9 Å². The number of hydrogen-bond donors (Lipinski definition) is 0. The number of thioether (sulfide) groups is 1. The van der Waals surface area contributed by atoms with Crippen molar-refractivity contribution in [2.24, 2.45) is 0 Å². The molecule has 10 heteroatoms. The Morgan fingerprint density at radius 1 is 1.16 bits per heavy atom. The molecule has 0 amide bonds. The molecule has 0 aliphatic heterocycles. The van der Waals surface area contributed by atoms with Gasteiger partial charge in [0, 0.05) is 11.9 Å². The first-order valence-electron chi connectivity index (χ1n) is 7.71. The number of alkyl halides is 3. The number of halogens is 3. The summed E-state index contributed by atoms with van der Waals surface area (Å²) in [7, 11) is 0. The molecule has 25 heavy (non-hydrogen) atoms. The van der Waals surface area contributed by atoms with Gasteiger partial charge in [-0.3, -0.25) is 0 Å². The van der Waals surface area contributed by atoms with Crippen LogP contribution in [0.1, 0.15) is 31.4 Å². The van der Waals surface area contributed by atoms with Gasteiger partial charge in [-0.1, -0.05) is 43.3 Å². The lowest BCUT2D eigenvalue weighted by atomic mass is 10.2. The highest BCUT2D eigenvalue weighted by molar-refractivity contribution is 7.98. The molecule has 0 saturated heterocycles. The summed E-state index contributed by atoms with van der Waals surface area (Å²) < 4.78 is 40.8. The van der Waals surface area contributed by atoms with Gasteiger partial charge in [-0.2, -0.15) is 13.2 Å². The Balaban J connectivity index is 1.89. The van der Waals surface area contributed by atoms with E-state index in [0.717, 1.165) is 12.8 Å². The molecule has 0 saturated carbocycles. The van der Waals surface area contributed by atoms with Crippen molar-refractivity contribution in [2.45, 2.75) is 43.3 Å². The van der Waals surface area contributed by atoms with Gasteiger partial charge < -0.3 is 0 Å². The van der Waals surface area contributed by atoms with Crippen LogP contribution in [0.2, 0.25) is 0 Å². The molecule has 3 rings (SSSR count). The standard InChI is InChI=1S/C15H15F3N6S/c1-2-3-8-24-12(21-22-23-24)9-25-13-10-6-4-5-7-11(10)19-14(20-13)15(16,17)18/h4-7H,2-3,8-9H2,1H3. The molecule has 2 aromatic heterocycles. The van der Waals surface area contributed by atoms with Crippen LogP contribution in [-0.2, 0) is 18.5 Å². The predicted molar refractivity (Wildman–Crippen MR) is 86.8 cm³/mol. The third-order valence-corrected chi connectivity index (χ3v) is 4.48. The van der Waals surface area contributed by atoms with E-state index < -0.39 is 12.0 Å². The maximum atomic E-state index is 13.0. The van der Waals surface area contributed by atoms with Crippen LogP contribution >= 0.6 is 11.8 Å². The molecule has 0 atom stereocenters. The number of benzene rings is 1. The van der Waals surface area contributed by atoms with Crippen LogP contribution in [0.25, 0.3) is 10.9 Å². The summed E-state index contributed by atoms with van der Waals surface area (Å²) in [5, 5.41) is 12.4. The first-order chi connectivity index (χ1) is 12.0. The molecule has 0 bridgehead atoms. The Bertz CT molecular complexity index is 864. The van der Waals surface area contributed by atoms with Crippen LogP contribution in [0.4, 0.5) is 13.2 Å². The zero-order valence-corrected chi connectivity index (χ0v) is 14.2. The summed E-state index contributed by atoms with van der Waals surface area (Å²) >= 11 is 1.17. The second kappa shape index (κ2) is 7.34. The molecule has 0 unspecified atom stereocenters. The number of fused-ring (bicyclic) bond motifs is 1. The van der Waals surface area contributed by atoms with E-state index in [-0.39, 0.29) is 10.5 Å². The molecule has 6 nitrogen and oxygen atoms in total. The zero-order chi connectivity index (χ0) is 17.9. The van der Waals surface area contributed by atoms with Crippen molar-refractivity contribution in [3.63, 3.8) is 0 Å². The minimum absolute atomic E-state index is 0.262. The van der Waals surface area contributed by atoms with Crippen molar-refractivity contribution in [3.8, 4) is 0 Å². The van der Waals surface area contributed by atoms with E-state index in [4.69, 9.17) is 0 Å². The number of aromatic nitrogens is 6. The van der Waals surface area contributed by atoms with Crippen LogP contribution in [-0.4, -0.2) is 30.2 Å². The lowest BCUT2D eigenvalue weighted by Crippen LogP contribution is -2.12. The molecular formula is C15H15F3N6S. The fourth-order valence-corrected chi connectivity index (χ4v) is 3.18. The predicted octanol–water partition coefficient (Wildman–Crippen LogP) is 3.73. The third-order valence-electron chi connectivity index (χ3n) is 3.49. The van der Waals surface area contributed by atoms with Crippen molar-refractivity contribution >= 4 is 22.7 Å². The highest BCUT2D eigenvalue weighted by Gasteiger charge is 2.35. The van der Waals surface area contributed by atoms with Crippen LogP contribution in [0, 0.1) is 0 Å². The molecule has 0 spiro atoms. The zero-order valence-electron chi connectivity index (χ0n) is 13.4. The molecule has 0 aliphatic carbocycles. The fraction of sp³-hybridized carbons (Fsp3) is 0.400. The molecule has 3 aromatic rings. The Labute approximate surface area is 145 Å². The van der Waals surface area contributed by atoms with Crippen LogP contribution < -0.4 is 0 Å². The second-order valence-electron chi connectivity index (χ2n) is 5.33. The number of aryl methyl sites for hydroxylation is 1. The van der Waals surface area contributed by atoms with Crippen LogP contribution in [0.15, 0.2) is 29.3 Å². The lowest BCUT2D eigenvalue weighted by molar-refractivity contribution is -0.145. The van der Waals surface area contributed by atoms with Gasteiger partial charge in [0.1, 0.15) is 5.03 Å². The van der Waals surface area contributed by atoms with Gasteiger partial charge in [0.25, 0.3) is 0 Å². The van der Waals surface area contributed by atoms with Crippen molar-refractivity contribution in [1.29, 1.82) is 0 Å². The van der Waals surface area contributed by atoms with Crippen molar-refractivity contribution in [1.82, 2.24) is 30.2 Å². The van der Waals surface area contributed by atoms with Gasteiger partial charge >= 0.3 is 6.18 Å². The third kappa shape index (κ3) is 4.06. The minimum Gasteiger partial charge on any atom is -0.229 e. The Morgan fingerprint density at radius 3 is 2.72 bits per heavy atom.